The summed E-state index contributed by atoms with van der Waals surface area (Å²) in [7, 11) is 1.60. The molecular formula is C24H22N2O3. The van der Waals surface area contributed by atoms with Crippen molar-refractivity contribution in [1.29, 1.82) is 5.26 Å². The van der Waals surface area contributed by atoms with Crippen LogP contribution in [0.25, 0.3) is 0 Å². The molecule has 0 amide bonds. The van der Waals surface area contributed by atoms with E-state index in [2.05, 4.69) is 18.2 Å². The first-order valence-corrected chi connectivity index (χ1v) is 9.62. The van der Waals surface area contributed by atoms with Crippen LogP contribution in [-0.2, 0) is 16.0 Å². The van der Waals surface area contributed by atoms with Gasteiger partial charge in [0.1, 0.15) is 23.2 Å². The summed E-state index contributed by atoms with van der Waals surface area (Å²) in [5.41, 5.74) is 8.95. The quantitative estimate of drug-likeness (QED) is 0.859. The van der Waals surface area contributed by atoms with Crippen LogP contribution in [0.2, 0.25) is 0 Å². The van der Waals surface area contributed by atoms with Crippen molar-refractivity contribution in [2.24, 2.45) is 11.7 Å². The van der Waals surface area contributed by atoms with E-state index in [-0.39, 0.29) is 23.2 Å². The highest BCUT2D eigenvalue weighted by molar-refractivity contribution is 5.99. The summed E-state index contributed by atoms with van der Waals surface area (Å²) in [6.07, 6.45) is 1.86. The predicted molar refractivity (Wildman–Crippen MR) is 109 cm³/mol. The number of rotatable bonds is 4. The molecule has 1 aliphatic heterocycles. The van der Waals surface area contributed by atoms with Crippen LogP contribution in [0.4, 0.5) is 0 Å². The maximum Gasteiger partial charge on any atom is 0.205 e. The van der Waals surface area contributed by atoms with E-state index in [1.54, 1.807) is 7.11 Å². The number of ketones is 1. The molecule has 0 saturated carbocycles. The molecular weight excluding hydrogens is 364 g/mol. The average Bonchev–Trinajstić information content (AvgIpc) is 2.73. The summed E-state index contributed by atoms with van der Waals surface area (Å²) < 4.78 is 11.0. The normalized spacial score (nSPS) is 21.3. The van der Waals surface area contributed by atoms with Gasteiger partial charge in [0.15, 0.2) is 5.78 Å². The van der Waals surface area contributed by atoms with E-state index in [1.807, 2.05) is 42.5 Å². The van der Waals surface area contributed by atoms with Crippen LogP contribution in [-0.4, -0.2) is 12.9 Å². The molecule has 146 valence electrons. The molecule has 5 nitrogen and oxygen atoms in total. The fourth-order valence-corrected chi connectivity index (χ4v) is 4.21. The number of nitrogens with zero attached hydrogens (tertiary/aromatic N) is 1. The van der Waals surface area contributed by atoms with E-state index < -0.39 is 5.92 Å². The van der Waals surface area contributed by atoms with Crippen LogP contribution >= 0.6 is 0 Å². The van der Waals surface area contributed by atoms with Gasteiger partial charge in [0.25, 0.3) is 0 Å². The molecule has 0 bridgehead atoms. The smallest absolute Gasteiger partial charge is 0.205 e. The average molecular weight is 386 g/mol. The van der Waals surface area contributed by atoms with Crippen molar-refractivity contribution in [3.05, 3.63) is 88.5 Å². The van der Waals surface area contributed by atoms with Gasteiger partial charge >= 0.3 is 0 Å². The third-order valence-electron chi connectivity index (χ3n) is 5.56. The Morgan fingerprint density at radius 2 is 1.86 bits per heavy atom. The molecule has 0 saturated heterocycles. The molecule has 29 heavy (non-hydrogen) atoms. The molecule has 2 atom stereocenters. The predicted octanol–water partition coefficient (Wildman–Crippen LogP) is 3.98. The van der Waals surface area contributed by atoms with Crippen molar-refractivity contribution in [2.45, 2.75) is 25.2 Å². The Morgan fingerprint density at radius 1 is 1.14 bits per heavy atom. The minimum absolute atomic E-state index is 0.0215. The van der Waals surface area contributed by atoms with E-state index in [0.717, 1.165) is 12.0 Å². The van der Waals surface area contributed by atoms with E-state index in [0.29, 0.717) is 29.9 Å². The largest absolute Gasteiger partial charge is 0.497 e. The summed E-state index contributed by atoms with van der Waals surface area (Å²) in [5.74, 6) is 1.06. The lowest BCUT2D eigenvalue weighted by molar-refractivity contribution is -0.117. The minimum atomic E-state index is -0.500. The summed E-state index contributed by atoms with van der Waals surface area (Å²) in [5, 5.41) is 9.69. The number of Topliss-reactive ketones (excluding diaryl/α,β-unsaturated/α-hetero) is 1. The minimum Gasteiger partial charge on any atom is -0.497 e. The van der Waals surface area contributed by atoms with Crippen molar-refractivity contribution in [3.8, 4) is 11.8 Å². The molecule has 0 fully saturated rings. The Labute approximate surface area is 170 Å². The van der Waals surface area contributed by atoms with Crippen LogP contribution < -0.4 is 10.5 Å². The zero-order valence-corrected chi connectivity index (χ0v) is 16.2. The Hall–Kier alpha value is -3.52. The van der Waals surface area contributed by atoms with Crippen LogP contribution in [0, 0.1) is 17.2 Å². The molecule has 4 rings (SSSR count). The van der Waals surface area contributed by atoms with Crippen molar-refractivity contribution in [2.75, 3.05) is 7.11 Å². The number of hydrogen-bond acceptors (Lipinski definition) is 5. The van der Waals surface area contributed by atoms with Crippen LogP contribution in [0.1, 0.15) is 29.9 Å². The standard InChI is InChI=1S/C24H22N2O3/c1-28-18-9-7-17(8-10-18)22-19(14-25)24(26)29-21-13-16(12-20(27)23(21)22)11-15-5-3-2-4-6-15/h2-10,16,22H,11-13,26H2,1H3. The molecule has 2 aromatic carbocycles. The maximum absolute atomic E-state index is 13.2. The zero-order valence-electron chi connectivity index (χ0n) is 16.2. The molecule has 2 aromatic rings. The second-order valence-electron chi connectivity index (χ2n) is 7.42. The fourth-order valence-electron chi connectivity index (χ4n) is 4.21. The summed E-state index contributed by atoms with van der Waals surface area (Å²) in [6, 6.07) is 19.6. The van der Waals surface area contributed by atoms with Gasteiger partial charge in [0, 0.05) is 18.4 Å². The molecule has 0 aromatic heterocycles. The van der Waals surface area contributed by atoms with Gasteiger partial charge in [-0.1, -0.05) is 42.5 Å². The highest BCUT2D eigenvalue weighted by Gasteiger charge is 2.40. The number of hydrogen-bond donors (Lipinski definition) is 1. The summed E-state index contributed by atoms with van der Waals surface area (Å²) in [6.45, 7) is 0. The highest BCUT2D eigenvalue weighted by atomic mass is 16.5. The molecule has 2 aliphatic rings. The topological polar surface area (TPSA) is 85.3 Å². The van der Waals surface area contributed by atoms with Gasteiger partial charge < -0.3 is 15.2 Å². The van der Waals surface area contributed by atoms with Gasteiger partial charge in [-0.3, -0.25) is 4.79 Å². The molecule has 1 aliphatic carbocycles. The molecule has 5 heteroatoms. The van der Waals surface area contributed by atoms with Gasteiger partial charge in [-0.2, -0.15) is 5.26 Å². The molecule has 0 radical (unpaired) electrons. The monoisotopic (exact) mass is 386 g/mol. The number of benzene rings is 2. The highest BCUT2D eigenvalue weighted by Crippen LogP contribution is 2.45. The molecule has 2 unspecified atom stereocenters. The summed E-state index contributed by atoms with van der Waals surface area (Å²) >= 11 is 0. The third kappa shape index (κ3) is 3.62. The number of nitrogens with two attached hydrogens (primary N) is 1. The fraction of sp³-hybridized carbons (Fsp3) is 0.250. The second kappa shape index (κ2) is 7.84. The van der Waals surface area contributed by atoms with Gasteiger partial charge in [-0.15, -0.1) is 0 Å². The number of allylic oxidation sites excluding steroid dienone is 3. The Bertz CT molecular complexity index is 1030. The molecule has 2 N–H and O–H groups in total. The van der Waals surface area contributed by atoms with Crippen LogP contribution in [0.15, 0.2) is 77.4 Å². The summed E-state index contributed by atoms with van der Waals surface area (Å²) in [4.78, 5) is 13.2. The lowest BCUT2D eigenvalue weighted by Gasteiger charge is -2.34. The molecule has 1 heterocycles. The zero-order chi connectivity index (χ0) is 20.4. The van der Waals surface area contributed by atoms with Gasteiger partial charge in [-0.05, 0) is 35.6 Å². The second-order valence-corrected chi connectivity index (χ2v) is 7.42. The SMILES string of the molecule is COc1ccc(C2C(C#N)=C(N)OC3=C2C(=O)CC(Cc2ccccc2)C3)cc1. The lowest BCUT2D eigenvalue weighted by Crippen LogP contribution is -2.31. The van der Waals surface area contributed by atoms with Crippen molar-refractivity contribution < 1.29 is 14.3 Å². The lowest BCUT2D eigenvalue weighted by atomic mass is 9.74. The van der Waals surface area contributed by atoms with Crippen molar-refractivity contribution in [1.82, 2.24) is 0 Å². The van der Waals surface area contributed by atoms with E-state index in [1.165, 1.54) is 5.56 Å². The number of methoxy groups -OCH3 is 1. The Kier molecular flexibility index (Phi) is 5.09. The van der Waals surface area contributed by atoms with E-state index in [9.17, 15) is 10.1 Å². The Morgan fingerprint density at radius 3 is 2.52 bits per heavy atom. The van der Waals surface area contributed by atoms with Gasteiger partial charge in [-0.25, -0.2) is 0 Å². The first-order chi connectivity index (χ1) is 14.1. The first-order valence-electron chi connectivity index (χ1n) is 9.62. The van der Waals surface area contributed by atoms with Crippen molar-refractivity contribution >= 4 is 5.78 Å². The number of nitriles is 1. The number of carbonyl (C=O) groups is 1. The van der Waals surface area contributed by atoms with Crippen LogP contribution in [0.3, 0.4) is 0 Å². The van der Waals surface area contributed by atoms with E-state index in [4.69, 9.17) is 15.2 Å². The molecule has 0 spiro atoms. The number of ether oxygens (including phenoxy) is 2. The maximum atomic E-state index is 13.2. The van der Waals surface area contributed by atoms with Crippen molar-refractivity contribution in [3.63, 3.8) is 0 Å². The Balaban J connectivity index is 1.69. The van der Waals surface area contributed by atoms with Gasteiger partial charge in [0.05, 0.1) is 13.0 Å². The van der Waals surface area contributed by atoms with E-state index >= 15 is 0 Å². The van der Waals surface area contributed by atoms with Crippen LogP contribution in [0.5, 0.6) is 5.75 Å². The van der Waals surface area contributed by atoms with Gasteiger partial charge in [0.2, 0.25) is 5.88 Å². The number of carbonyl (C=O) groups excluding carboxylic acids is 1. The third-order valence-corrected chi connectivity index (χ3v) is 5.56. The first kappa shape index (κ1) is 18.8.